The number of hydrogen-bond acceptors (Lipinski definition) is 2. The van der Waals surface area contributed by atoms with Gasteiger partial charge in [-0.25, -0.2) is 0 Å². The first kappa shape index (κ1) is 28.3. The van der Waals surface area contributed by atoms with Crippen LogP contribution in [0, 0.1) is 27.7 Å². The van der Waals surface area contributed by atoms with E-state index in [0.29, 0.717) is 0 Å². The van der Waals surface area contributed by atoms with Gasteiger partial charge in [0.2, 0.25) is 0 Å². The average Bonchev–Trinajstić information content (AvgIpc) is 3.82. The molecule has 2 aliphatic carbocycles. The second-order valence-electron chi connectivity index (χ2n) is 12.4. The summed E-state index contributed by atoms with van der Waals surface area (Å²) in [5.41, 5.74) is 13.0. The molecule has 0 radical (unpaired) electrons. The van der Waals surface area contributed by atoms with Crippen LogP contribution in [-0.4, -0.2) is 0 Å². The molecular formula is C42H34O2Zr. The molecule has 2 atom stereocenters. The van der Waals surface area contributed by atoms with Gasteiger partial charge >= 0.3 is 278 Å². The number of benzene rings is 4. The second kappa shape index (κ2) is 11.3. The third-order valence-corrected chi connectivity index (χ3v) is 12.8. The minimum absolute atomic E-state index is 0.130. The van der Waals surface area contributed by atoms with Crippen LogP contribution in [0.3, 0.4) is 0 Å². The van der Waals surface area contributed by atoms with Crippen molar-refractivity contribution >= 4 is 12.2 Å². The van der Waals surface area contributed by atoms with Gasteiger partial charge in [-0.2, -0.15) is 0 Å². The van der Waals surface area contributed by atoms with E-state index in [2.05, 4.69) is 135 Å². The van der Waals surface area contributed by atoms with E-state index in [4.69, 9.17) is 8.83 Å². The van der Waals surface area contributed by atoms with E-state index in [9.17, 15) is 0 Å². The van der Waals surface area contributed by atoms with Gasteiger partial charge < -0.3 is 0 Å². The zero-order valence-corrected chi connectivity index (χ0v) is 28.5. The Balaban J connectivity index is 1.27. The Hall–Kier alpha value is -4.20. The van der Waals surface area contributed by atoms with E-state index in [1.165, 1.54) is 62.2 Å². The Kier molecular flexibility index (Phi) is 7.11. The van der Waals surface area contributed by atoms with E-state index in [1.807, 2.05) is 13.8 Å². The fourth-order valence-electron chi connectivity index (χ4n) is 6.99. The number of aryl methyl sites for hydroxylation is 4. The molecule has 3 heteroatoms. The van der Waals surface area contributed by atoms with Gasteiger partial charge in [0.15, 0.2) is 0 Å². The maximum absolute atomic E-state index is 6.39. The van der Waals surface area contributed by atoms with E-state index >= 15 is 0 Å². The first-order chi connectivity index (χ1) is 21.9. The molecule has 2 aliphatic rings. The molecule has 2 nitrogen and oxygen atoms in total. The maximum atomic E-state index is 6.39. The molecule has 8 rings (SSSR count). The zero-order chi connectivity index (χ0) is 30.7. The molecule has 2 unspecified atom stereocenters. The molecular weight excluding hydrogens is 628 g/mol. The Morgan fingerprint density at radius 2 is 0.889 bits per heavy atom. The fourth-order valence-corrected chi connectivity index (χ4v) is 11.0. The Morgan fingerprint density at radius 1 is 0.467 bits per heavy atom. The van der Waals surface area contributed by atoms with Gasteiger partial charge in [0.25, 0.3) is 0 Å². The van der Waals surface area contributed by atoms with E-state index in [-0.39, 0.29) is 11.8 Å². The summed E-state index contributed by atoms with van der Waals surface area (Å²) in [6.07, 6.45) is 5.02. The first-order valence-electron chi connectivity index (χ1n) is 15.7. The van der Waals surface area contributed by atoms with Crippen molar-refractivity contribution in [3.8, 4) is 22.3 Å². The van der Waals surface area contributed by atoms with Gasteiger partial charge in [-0.05, 0) is 0 Å². The van der Waals surface area contributed by atoms with Crippen LogP contribution in [0.1, 0.15) is 68.3 Å². The van der Waals surface area contributed by atoms with Crippen molar-refractivity contribution in [3.05, 3.63) is 172 Å². The van der Waals surface area contributed by atoms with Gasteiger partial charge in [-0.15, -0.1) is 0 Å². The standard InChI is InChI=1S/2C21H17O.Zr/c2*1-14-6-9-16(10-7-14)17-4-3-5-18-19(17)11-12-20(18)21-13-8-15(2)22-21;/h2*3-11,13,20H,1-2H3;. The van der Waals surface area contributed by atoms with Crippen molar-refractivity contribution in [3.63, 3.8) is 0 Å². The van der Waals surface area contributed by atoms with E-state index < -0.39 is 23.2 Å². The summed E-state index contributed by atoms with van der Waals surface area (Å²) < 4.78 is 15.8. The molecule has 0 aliphatic heterocycles. The molecule has 0 amide bonds. The zero-order valence-electron chi connectivity index (χ0n) is 26.0. The van der Waals surface area contributed by atoms with Gasteiger partial charge in [0.1, 0.15) is 0 Å². The predicted molar refractivity (Wildman–Crippen MR) is 180 cm³/mol. The quantitative estimate of drug-likeness (QED) is 0.178. The number of fused-ring (bicyclic) bond motifs is 2. The second-order valence-corrected chi connectivity index (χ2v) is 15.9. The Bertz CT molecular complexity index is 1970. The number of hydrogen-bond donors (Lipinski definition) is 0. The van der Waals surface area contributed by atoms with E-state index in [0.717, 1.165) is 23.0 Å². The first-order valence-corrected chi connectivity index (χ1v) is 18.1. The molecule has 0 saturated heterocycles. The Labute approximate surface area is 276 Å². The average molecular weight is 662 g/mol. The van der Waals surface area contributed by atoms with Crippen LogP contribution in [0.4, 0.5) is 0 Å². The number of rotatable bonds is 6. The molecule has 6 aromatic rings. The molecule has 4 aromatic carbocycles. The molecule has 0 N–H and O–H groups in total. The van der Waals surface area contributed by atoms with Crippen molar-refractivity contribution in [2.75, 3.05) is 0 Å². The summed E-state index contributed by atoms with van der Waals surface area (Å²) in [7, 11) is 0. The fraction of sp³-hybridized carbons (Fsp3) is 0.143. The van der Waals surface area contributed by atoms with Crippen LogP contribution in [0.15, 0.2) is 125 Å². The van der Waals surface area contributed by atoms with Crippen molar-refractivity contribution in [1.29, 1.82) is 0 Å². The molecule has 0 spiro atoms. The number of furan rings is 2. The van der Waals surface area contributed by atoms with Crippen molar-refractivity contribution in [2.24, 2.45) is 0 Å². The molecule has 0 bridgehead atoms. The minimum atomic E-state index is -1.32. The summed E-state index contributed by atoms with van der Waals surface area (Å²) >= 11 is -1.32. The van der Waals surface area contributed by atoms with Gasteiger partial charge in [-0.3, -0.25) is 0 Å². The van der Waals surface area contributed by atoms with Crippen LogP contribution < -0.4 is 0 Å². The molecule has 2 heterocycles. The third-order valence-electron chi connectivity index (χ3n) is 9.23. The summed E-state index contributed by atoms with van der Waals surface area (Å²) in [5.74, 6) is 4.26. The van der Waals surface area contributed by atoms with Crippen molar-refractivity contribution in [2.45, 2.75) is 39.5 Å². The molecule has 45 heavy (non-hydrogen) atoms. The van der Waals surface area contributed by atoms with Crippen molar-refractivity contribution < 1.29 is 32.1 Å². The topological polar surface area (TPSA) is 26.3 Å². The summed E-state index contributed by atoms with van der Waals surface area (Å²) in [5, 5.41) is 0. The predicted octanol–water partition coefficient (Wildman–Crippen LogP) is 11.2. The monoisotopic (exact) mass is 660 g/mol. The van der Waals surface area contributed by atoms with Gasteiger partial charge in [-0.1, -0.05) is 0 Å². The van der Waals surface area contributed by atoms with Crippen LogP contribution >= 0.6 is 0 Å². The number of allylic oxidation sites excluding steroid dienone is 2. The van der Waals surface area contributed by atoms with Crippen LogP contribution in [0.25, 0.3) is 34.4 Å². The van der Waals surface area contributed by atoms with E-state index in [1.54, 1.807) is 0 Å². The SMILES string of the molecule is Cc1ccc(-c2cccc3c2C=[C]([Zr][C]2=Cc4c(-c5ccc(C)cc5)cccc4C2c2ccc(C)o2)C3c2ccc(C)o2)cc1. The summed E-state index contributed by atoms with van der Waals surface area (Å²) in [6.45, 7) is 8.38. The van der Waals surface area contributed by atoms with Crippen LogP contribution in [-0.2, 0) is 23.2 Å². The van der Waals surface area contributed by atoms with Crippen LogP contribution in [0.5, 0.6) is 0 Å². The molecule has 0 fully saturated rings. The summed E-state index contributed by atoms with van der Waals surface area (Å²) in [6, 6.07) is 40.0. The molecule has 0 saturated carbocycles. The normalized spacial score (nSPS) is 16.7. The summed E-state index contributed by atoms with van der Waals surface area (Å²) in [4.78, 5) is 0. The Morgan fingerprint density at radius 3 is 1.27 bits per heavy atom. The molecule has 218 valence electrons. The van der Waals surface area contributed by atoms with Crippen LogP contribution in [0.2, 0.25) is 0 Å². The van der Waals surface area contributed by atoms with Gasteiger partial charge in [0, 0.05) is 0 Å². The third kappa shape index (κ3) is 5.08. The van der Waals surface area contributed by atoms with Gasteiger partial charge in [0.05, 0.1) is 0 Å². The molecule has 2 aromatic heterocycles. The van der Waals surface area contributed by atoms with Crippen molar-refractivity contribution in [1.82, 2.24) is 0 Å².